The Kier molecular flexibility index (Phi) is 6.53. The molecule has 1 fully saturated rings. The Bertz CT molecular complexity index is 1340. The Labute approximate surface area is 202 Å². The van der Waals surface area contributed by atoms with Crippen LogP contribution in [0.5, 0.6) is 0 Å². The summed E-state index contributed by atoms with van der Waals surface area (Å²) in [6.45, 7) is 2.15. The molecule has 176 valence electrons. The largest absolute Gasteiger partial charge is 0.352 e. The van der Waals surface area contributed by atoms with Gasteiger partial charge in [-0.2, -0.15) is 0 Å². The van der Waals surface area contributed by atoms with Crippen molar-refractivity contribution in [3.63, 3.8) is 0 Å². The van der Waals surface area contributed by atoms with Crippen LogP contribution in [-0.2, 0) is 16.1 Å². The van der Waals surface area contributed by atoms with Crippen LogP contribution in [-0.4, -0.2) is 42.8 Å². The van der Waals surface area contributed by atoms with Crippen LogP contribution in [0.25, 0.3) is 16.8 Å². The van der Waals surface area contributed by atoms with Crippen molar-refractivity contribution >= 4 is 46.1 Å². The first kappa shape index (κ1) is 22.5. The van der Waals surface area contributed by atoms with Crippen molar-refractivity contribution in [2.45, 2.75) is 56.8 Å². The Morgan fingerprint density at radius 2 is 1.71 bits per heavy atom. The minimum absolute atomic E-state index is 0.00929. The van der Waals surface area contributed by atoms with Crippen LogP contribution in [0, 0.1) is 6.92 Å². The average Bonchev–Trinajstić information content (AvgIpc) is 3.39. The fourth-order valence-electron chi connectivity index (χ4n) is 4.58. The predicted octanol–water partition coefficient (Wildman–Crippen LogP) is 4.17. The second-order valence-electron chi connectivity index (χ2n) is 8.75. The van der Waals surface area contributed by atoms with E-state index in [0.29, 0.717) is 10.9 Å². The van der Waals surface area contributed by atoms with Crippen LogP contribution in [0.15, 0.2) is 53.7 Å². The minimum atomic E-state index is -0.105. The number of benzene rings is 2. The second kappa shape index (κ2) is 9.89. The van der Waals surface area contributed by atoms with Gasteiger partial charge < -0.3 is 10.6 Å². The van der Waals surface area contributed by atoms with E-state index in [1.807, 2.05) is 64.4 Å². The molecule has 5 rings (SSSR count). The number of carbonyl (C=O) groups is 2. The zero-order chi connectivity index (χ0) is 23.5. The summed E-state index contributed by atoms with van der Waals surface area (Å²) in [6, 6.07) is 15.8. The molecular weight excluding hydrogens is 448 g/mol. The first-order valence-corrected chi connectivity index (χ1v) is 12.7. The van der Waals surface area contributed by atoms with Gasteiger partial charge in [0, 0.05) is 11.7 Å². The molecule has 0 radical (unpaired) electrons. The summed E-state index contributed by atoms with van der Waals surface area (Å²) >= 11 is 1.33. The van der Waals surface area contributed by atoms with Crippen LogP contribution < -0.4 is 10.6 Å². The molecule has 2 N–H and O–H groups in total. The number of nitrogens with zero attached hydrogens (tertiary/aromatic N) is 4. The van der Waals surface area contributed by atoms with Crippen LogP contribution in [0.1, 0.15) is 37.7 Å². The van der Waals surface area contributed by atoms with E-state index in [0.717, 1.165) is 35.1 Å². The third-order valence-electron chi connectivity index (χ3n) is 6.29. The number of aryl methyl sites for hydroxylation is 1. The highest BCUT2D eigenvalue weighted by atomic mass is 32.2. The molecule has 0 saturated heterocycles. The maximum atomic E-state index is 12.8. The van der Waals surface area contributed by atoms with Crippen molar-refractivity contribution in [3.8, 4) is 0 Å². The molecule has 1 saturated carbocycles. The van der Waals surface area contributed by atoms with E-state index in [1.165, 1.54) is 31.0 Å². The Balaban J connectivity index is 1.35. The van der Waals surface area contributed by atoms with Crippen molar-refractivity contribution < 1.29 is 9.59 Å². The molecule has 34 heavy (non-hydrogen) atoms. The lowest BCUT2D eigenvalue weighted by atomic mass is 9.95. The molecule has 4 aromatic rings. The maximum Gasteiger partial charge on any atom is 0.240 e. The molecule has 2 aromatic heterocycles. The smallest absolute Gasteiger partial charge is 0.240 e. The van der Waals surface area contributed by atoms with Crippen molar-refractivity contribution in [2.24, 2.45) is 0 Å². The van der Waals surface area contributed by atoms with Crippen LogP contribution in [0.3, 0.4) is 0 Å². The van der Waals surface area contributed by atoms with Crippen LogP contribution >= 0.6 is 11.8 Å². The molecule has 0 bridgehead atoms. The second-order valence-corrected chi connectivity index (χ2v) is 9.69. The highest BCUT2D eigenvalue weighted by Crippen LogP contribution is 2.26. The molecule has 0 atom stereocenters. The number of hydrogen-bond acceptors (Lipinski definition) is 5. The van der Waals surface area contributed by atoms with E-state index < -0.39 is 0 Å². The molecule has 0 unspecified atom stereocenters. The van der Waals surface area contributed by atoms with Gasteiger partial charge in [0.25, 0.3) is 0 Å². The number of nitrogens with one attached hydrogen (secondary N) is 2. The van der Waals surface area contributed by atoms with Gasteiger partial charge in [-0.05, 0) is 43.5 Å². The maximum absolute atomic E-state index is 12.8. The fraction of sp³-hybridized carbons (Fsp3) is 0.360. The molecule has 0 spiro atoms. The molecule has 2 amide bonds. The van der Waals surface area contributed by atoms with E-state index in [-0.39, 0.29) is 30.2 Å². The summed E-state index contributed by atoms with van der Waals surface area (Å²) in [5.41, 5.74) is 3.65. The van der Waals surface area contributed by atoms with Crippen LogP contribution in [0.4, 0.5) is 5.69 Å². The number of imidazole rings is 1. The standard InChI is InChI=1S/C25H28N6O2S/c1-17-9-5-6-12-19(17)27-23(33)16-34-25-29-28-24-30(20-13-7-8-14-21(20)31(24)25)15-22(32)26-18-10-3-2-4-11-18/h5-9,12-14,18H,2-4,10-11,15-16H2,1H3,(H,26,32)(H,27,33). The van der Waals surface area contributed by atoms with E-state index in [1.54, 1.807) is 0 Å². The van der Waals surface area contributed by atoms with Gasteiger partial charge in [-0.3, -0.25) is 18.6 Å². The van der Waals surface area contributed by atoms with Gasteiger partial charge in [0.2, 0.25) is 17.6 Å². The number of aromatic nitrogens is 4. The number of anilines is 1. The lowest BCUT2D eigenvalue weighted by molar-refractivity contribution is -0.122. The lowest BCUT2D eigenvalue weighted by Crippen LogP contribution is -2.38. The zero-order valence-electron chi connectivity index (χ0n) is 19.2. The summed E-state index contributed by atoms with van der Waals surface area (Å²) in [4.78, 5) is 25.4. The van der Waals surface area contributed by atoms with Gasteiger partial charge in [-0.1, -0.05) is 61.4 Å². The van der Waals surface area contributed by atoms with Crippen molar-refractivity contribution in [1.29, 1.82) is 0 Å². The van der Waals surface area contributed by atoms with Gasteiger partial charge in [-0.25, -0.2) is 0 Å². The minimum Gasteiger partial charge on any atom is -0.352 e. The van der Waals surface area contributed by atoms with Gasteiger partial charge in [0.1, 0.15) is 6.54 Å². The first-order valence-electron chi connectivity index (χ1n) is 11.7. The third kappa shape index (κ3) is 4.65. The van der Waals surface area contributed by atoms with Gasteiger partial charge >= 0.3 is 0 Å². The van der Waals surface area contributed by atoms with Gasteiger partial charge in [-0.15, -0.1) is 10.2 Å². The molecule has 2 heterocycles. The molecule has 1 aliphatic carbocycles. The molecular formula is C25H28N6O2S. The summed E-state index contributed by atoms with van der Waals surface area (Å²) in [5.74, 6) is 0.690. The monoisotopic (exact) mass is 476 g/mol. The summed E-state index contributed by atoms with van der Waals surface area (Å²) in [6.07, 6.45) is 5.68. The number of carbonyl (C=O) groups excluding carboxylic acids is 2. The number of para-hydroxylation sites is 3. The number of fused-ring (bicyclic) bond motifs is 3. The third-order valence-corrected chi connectivity index (χ3v) is 7.22. The molecule has 0 aliphatic heterocycles. The Hall–Kier alpha value is -3.33. The normalized spacial score (nSPS) is 14.5. The highest BCUT2D eigenvalue weighted by molar-refractivity contribution is 7.99. The topological polar surface area (TPSA) is 93.3 Å². The number of amides is 2. The Morgan fingerprint density at radius 1 is 0.971 bits per heavy atom. The van der Waals surface area contributed by atoms with E-state index in [9.17, 15) is 9.59 Å². The fourth-order valence-corrected chi connectivity index (χ4v) is 5.32. The molecule has 2 aromatic carbocycles. The van der Waals surface area contributed by atoms with Crippen LogP contribution in [0.2, 0.25) is 0 Å². The zero-order valence-corrected chi connectivity index (χ0v) is 20.0. The first-order chi connectivity index (χ1) is 16.6. The lowest BCUT2D eigenvalue weighted by Gasteiger charge is -2.22. The molecule has 9 heteroatoms. The van der Waals surface area contributed by atoms with Crippen molar-refractivity contribution in [1.82, 2.24) is 24.5 Å². The Morgan fingerprint density at radius 3 is 2.50 bits per heavy atom. The molecule has 8 nitrogen and oxygen atoms in total. The SMILES string of the molecule is Cc1ccccc1NC(=O)CSc1nnc2n(CC(=O)NC3CCCCC3)c3ccccc3n12. The summed E-state index contributed by atoms with van der Waals surface area (Å²) in [5, 5.41) is 15.5. The van der Waals surface area contributed by atoms with Crippen molar-refractivity contribution in [3.05, 3.63) is 54.1 Å². The number of rotatable bonds is 7. The summed E-state index contributed by atoms with van der Waals surface area (Å²) < 4.78 is 3.83. The van der Waals surface area contributed by atoms with Gasteiger partial charge in [0.05, 0.1) is 16.8 Å². The number of hydrogen-bond donors (Lipinski definition) is 2. The summed E-state index contributed by atoms with van der Waals surface area (Å²) in [7, 11) is 0. The molecule has 1 aliphatic rings. The number of thioether (sulfide) groups is 1. The predicted molar refractivity (Wildman–Crippen MR) is 134 cm³/mol. The average molecular weight is 477 g/mol. The highest BCUT2D eigenvalue weighted by Gasteiger charge is 2.21. The van der Waals surface area contributed by atoms with E-state index in [4.69, 9.17) is 0 Å². The van der Waals surface area contributed by atoms with E-state index >= 15 is 0 Å². The van der Waals surface area contributed by atoms with Crippen molar-refractivity contribution in [2.75, 3.05) is 11.1 Å². The van der Waals surface area contributed by atoms with Gasteiger partial charge in [0.15, 0.2) is 5.16 Å². The quantitative estimate of drug-likeness (QED) is 0.391. The van der Waals surface area contributed by atoms with E-state index in [2.05, 4.69) is 20.8 Å².